The predicted octanol–water partition coefficient (Wildman–Crippen LogP) is 4.33. The van der Waals surface area contributed by atoms with E-state index in [9.17, 15) is 4.79 Å². The lowest BCUT2D eigenvalue weighted by Gasteiger charge is -2.16. The Balaban J connectivity index is 1.76. The first-order chi connectivity index (χ1) is 11.0. The number of benzene rings is 1. The Morgan fingerprint density at radius 2 is 2.26 bits per heavy atom. The molecule has 0 N–H and O–H groups in total. The first-order valence-electron chi connectivity index (χ1n) is 7.42. The first-order valence-corrected chi connectivity index (χ1v) is 7.80. The summed E-state index contributed by atoms with van der Waals surface area (Å²) >= 11 is 5.99. The smallest absolute Gasteiger partial charge is 0.189 e. The largest absolute Gasteiger partial charge is 0.488 e. The zero-order valence-corrected chi connectivity index (χ0v) is 13.7. The molecule has 1 aliphatic rings. The summed E-state index contributed by atoms with van der Waals surface area (Å²) in [6.07, 6.45) is 8.66. The second kappa shape index (κ2) is 6.42. The van der Waals surface area contributed by atoms with E-state index in [2.05, 4.69) is 5.10 Å². The highest BCUT2D eigenvalue weighted by molar-refractivity contribution is 6.30. The van der Waals surface area contributed by atoms with Crippen molar-refractivity contribution in [1.29, 1.82) is 0 Å². The van der Waals surface area contributed by atoms with E-state index in [-0.39, 0.29) is 11.8 Å². The molecule has 0 saturated carbocycles. The molecule has 0 unspecified atom stereocenters. The second-order valence-electron chi connectivity index (χ2n) is 5.69. The minimum Gasteiger partial charge on any atom is -0.488 e. The van der Waals surface area contributed by atoms with Crippen molar-refractivity contribution >= 4 is 23.5 Å². The Labute approximate surface area is 140 Å². The third-order valence-electron chi connectivity index (χ3n) is 3.57. The molecule has 0 aliphatic carbocycles. The third kappa shape index (κ3) is 3.54. The summed E-state index contributed by atoms with van der Waals surface area (Å²) in [6.45, 7) is 4.47. The normalized spacial score (nSPS) is 13.8. The van der Waals surface area contributed by atoms with Gasteiger partial charge >= 0.3 is 0 Å². The molecule has 1 aromatic carbocycles. The fourth-order valence-corrected chi connectivity index (χ4v) is 2.47. The van der Waals surface area contributed by atoms with E-state index in [1.807, 2.05) is 32.1 Å². The number of ether oxygens (including phenoxy) is 1. The molecule has 3 rings (SSSR count). The van der Waals surface area contributed by atoms with Gasteiger partial charge in [0.2, 0.25) is 0 Å². The third-order valence-corrected chi connectivity index (χ3v) is 3.81. The van der Waals surface area contributed by atoms with Gasteiger partial charge in [0.05, 0.1) is 11.8 Å². The van der Waals surface area contributed by atoms with E-state index >= 15 is 0 Å². The number of carbonyl (C=O) groups excluding carboxylic acids is 1. The van der Waals surface area contributed by atoms with Crippen LogP contribution in [-0.4, -0.2) is 22.2 Å². The van der Waals surface area contributed by atoms with Gasteiger partial charge in [0, 0.05) is 22.8 Å². The van der Waals surface area contributed by atoms with Crippen LogP contribution in [-0.2, 0) is 0 Å². The topological polar surface area (TPSA) is 44.1 Å². The molecule has 0 radical (unpaired) electrons. The van der Waals surface area contributed by atoms with Crippen molar-refractivity contribution in [1.82, 2.24) is 9.78 Å². The molecule has 0 spiro atoms. The molecule has 0 fully saturated rings. The second-order valence-corrected chi connectivity index (χ2v) is 6.13. The average Bonchev–Trinajstić information content (AvgIpc) is 3.02. The fraction of sp³-hybridized carbons (Fsp3) is 0.222. The average molecular weight is 329 g/mol. The highest BCUT2D eigenvalue weighted by Crippen LogP contribution is 2.29. The molecule has 0 bridgehead atoms. The standard InChI is InChI=1S/C18H17ClN2O2/c1-12(2)21-10-15(9-20-21)17(22)5-3-13-7-14-8-16(19)4-6-18(14)23-11-13/h3-10,12H,11H2,1-2H3/b5-3-. The summed E-state index contributed by atoms with van der Waals surface area (Å²) < 4.78 is 7.42. The lowest BCUT2D eigenvalue weighted by Crippen LogP contribution is -2.06. The van der Waals surface area contributed by atoms with Crippen LogP contribution >= 0.6 is 11.6 Å². The quantitative estimate of drug-likeness (QED) is 0.619. The van der Waals surface area contributed by atoms with Crippen LogP contribution in [0.15, 0.2) is 48.3 Å². The van der Waals surface area contributed by atoms with Crippen LogP contribution in [0, 0.1) is 0 Å². The fourth-order valence-electron chi connectivity index (χ4n) is 2.29. The number of carbonyl (C=O) groups is 1. The summed E-state index contributed by atoms with van der Waals surface area (Å²) in [7, 11) is 0. The molecule has 1 aromatic heterocycles. The molecule has 23 heavy (non-hydrogen) atoms. The monoisotopic (exact) mass is 328 g/mol. The SMILES string of the molecule is CC(C)n1cc(C(=O)/C=C\C2=Cc3cc(Cl)ccc3OC2)cn1. The number of halogens is 1. The van der Waals surface area contributed by atoms with Gasteiger partial charge in [-0.3, -0.25) is 9.48 Å². The lowest BCUT2D eigenvalue weighted by atomic mass is 10.1. The van der Waals surface area contributed by atoms with E-state index in [4.69, 9.17) is 16.3 Å². The zero-order valence-electron chi connectivity index (χ0n) is 13.0. The van der Waals surface area contributed by atoms with Crippen molar-refractivity contribution in [3.8, 4) is 5.75 Å². The van der Waals surface area contributed by atoms with Gasteiger partial charge in [-0.25, -0.2) is 0 Å². The summed E-state index contributed by atoms with van der Waals surface area (Å²) in [4.78, 5) is 12.2. The molecule has 0 saturated heterocycles. The van der Waals surface area contributed by atoms with Crippen LogP contribution in [0.25, 0.3) is 6.08 Å². The Morgan fingerprint density at radius 3 is 3.00 bits per heavy atom. The molecule has 4 nitrogen and oxygen atoms in total. The molecule has 5 heteroatoms. The number of fused-ring (bicyclic) bond motifs is 1. The van der Waals surface area contributed by atoms with E-state index in [0.29, 0.717) is 17.2 Å². The van der Waals surface area contributed by atoms with Crippen molar-refractivity contribution in [2.24, 2.45) is 0 Å². The Kier molecular flexibility index (Phi) is 4.35. The van der Waals surface area contributed by atoms with Crippen molar-refractivity contribution in [2.75, 3.05) is 6.61 Å². The Morgan fingerprint density at radius 1 is 1.43 bits per heavy atom. The maximum absolute atomic E-state index is 12.2. The number of hydrogen-bond acceptors (Lipinski definition) is 3. The van der Waals surface area contributed by atoms with Crippen molar-refractivity contribution in [3.63, 3.8) is 0 Å². The van der Waals surface area contributed by atoms with E-state index < -0.39 is 0 Å². The number of nitrogens with zero attached hydrogens (tertiary/aromatic N) is 2. The number of hydrogen-bond donors (Lipinski definition) is 0. The highest BCUT2D eigenvalue weighted by Gasteiger charge is 2.11. The lowest BCUT2D eigenvalue weighted by molar-refractivity contribution is 0.104. The van der Waals surface area contributed by atoms with Gasteiger partial charge in [0.1, 0.15) is 12.4 Å². The Hall–Kier alpha value is -2.33. The van der Waals surface area contributed by atoms with E-state index in [1.165, 1.54) is 0 Å². The van der Waals surface area contributed by atoms with Gasteiger partial charge in [-0.05, 0) is 49.8 Å². The highest BCUT2D eigenvalue weighted by atomic mass is 35.5. The summed E-state index contributed by atoms with van der Waals surface area (Å²) in [5, 5.41) is 4.84. The van der Waals surface area contributed by atoms with Crippen molar-refractivity contribution in [3.05, 3.63) is 64.5 Å². The number of rotatable bonds is 4. The van der Waals surface area contributed by atoms with Crippen LogP contribution in [0.1, 0.15) is 35.8 Å². The Bertz CT molecular complexity index is 803. The van der Waals surface area contributed by atoms with E-state index in [1.54, 1.807) is 35.3 Å². The first kappa shape index (κ1) is 15.6. The maximum atomic E-state index is 12.2. The van der Waals surface area contributed by atoms with Crippen molar-refractivity contribution < 1.29 is 9.53 Å². The van der Waals surface area contributed by atoms with Gasteiger partial charge < -0.3 is 4.74 Å². The number of allylic oxidation sites excluding steroid dienone is 1. The minimum atomic E-state index is -0.0744. The molecule has 0 amide bonds. The van der Waals surface area contributed by atoms with Crippen molar-refractivity contribution in [2.45, 2.75) is 19.9 Å². The molecular weight excluding hydrogens is 312 g/mol. The number of aromatic nitrogens is 2. The summed E-state index contributed by atoms with van der Waals surface area (Å²) in [5.74, 6) is 0.728. The van der Waals surface area contributed by atoms with Crippen LogP contribution in [0.5, 0.6) is 5.75 Å². The number of ketones is 1. The molecular formula is C18H17ClN2O2. The van der Waals surface area contributed by atoms with Crippen LogP contribution in [0.2, 0.25) is 5.02 Å². The van der Waals surface area contributed by atoms with Gasteiger partial charge in [-0.1, -0.05) is 17.7 Å². The molecule has 0 atom stereocenters. The van der Waals surface area contributed by atoms with Crippen LogP contribution in [0.3, 0.4) is 0 Å². The van der Waals surface area contributed by atoms with E-state index in [0.717, 1.165) is 16.9 Å². The van der Waals surface area contributed by atoms with Gasteiger partial charge in [-0.15, -0.1) is 0 Å². The molecule has 2 aromatic rings. The summed E-state index contributed by atoms with van der Waals surface area (Å²) in [6, 6.07) is 5.72. The maximum Gasteiger partial charge on any atom is 0.189 e. The molecule has 1 aliphatic heterocycles. The van der Waals surface area contributed by atoms with Crippen LogP contribution < -0.4 is 4.74 Å². The minimum absolute atomic E-state index is 0.0744. The molecule has 2 heterocycles. The zero-order chi connectivity index (χ0) is 16.4. The van der Waals surface area contributed by atoms with Gasteiger partial charge in [0.25, 0.3) is 0 Å². The van der Waals surface area contributed by atoms with Gasteiger partial charge in [-0.2, -0.15) is 5.10 Å². The molecule has 118 valence electrons. The predicted molar refractivity (Wildman–Crippen MR) is 91.0 cm³/mol. The van der Waals surface area contributed by atoms with Gasteiger partial charge in [0.15, 0.2) is 5.78 Å². The summed E-state index contributed by atoms with van der Waals surface area (Å²) in [5.41, 5.74) is 2.42. The van der Waals surface area contributed by atoms with Crippen LogP contribution in [0.4, 0.5) is 0 Å².